The van der Waals surface area contributed by atoms with Crippen molar-refractivity contribution in [2.24, 2.45) is 0 Å². The summed E-state index contributed by atoms with van der Waals surface area (Å²) in [6, 6.07) is 17.1. The van der Waals surface area contributed by atoms with Gasteiger partial charge < -0.3 is 10.1 Å². The Balaban J connectivity index is 1.60. The second kappa shape index (κ2) is 9.46. The summed E-state index contributed by atoms with van der Waals surface area (Å²) < 4.78 is 57.6. The van der Waals surface area contributed by atoms with Crippen molar-refractivity contribution in [1.82, 2.24) is 4.31 Å². The van der Waals surface area contributed by atoms with Gasteiger partial charge >= 0.3 is 6.61 Å². The van der Waals surface area contributed by atoms with E-state index in [1.807, 2.05) is 24.3 Å². The summed E-state index contributed by atoms with van der Waals surface area (Å²) >= 11 is 6.16. The van der Waals surface area contributed by atoms with E-state index in [-0.39, 0.29) is 33.5 Å². The molecule has 0 spiro atoms. The van der Waals surface area contributed by atoms with Crippen molar-refractivity contribution >= 4 is 33.2 Å². The van der Waals surface area contributed by atoms with Crippen LogP contribution < -0.4 is 10.1 Å². The van der Waals surface area contributed by atoms with E-state index in [1.54, 1.807) is 0 Å². The fourth-order valence-corrected chi connectivity index (χ4v) is 5.27. The van der Waals surface area contributed by atoms with E-state index in [1.165, 1.54) is 46.8 Å². The highest BCUT2D eigenvalue weighted by molar-refractivity contribution is 7.89. The maximum Gasteiger partial charge on any atom is 0.387 e. The Kier molecular flexibility index (Phi) is 6.64. The third-order valence-electron chi connectivity index (χ3n) is 5.27. The number of alkyl halides is 2. The maximum absolute atomic E-state index is 13.3. The molecule has 0 saturated carbocycles. The summed E-state index contributed by atoms with van der Waals surface area (Å²) in [5, 5.41) is 2.47. The Morgan fingerprint density at radius 2 is 1.73 bits per heavy atom. The van der Waals surface area contributed by atoms with Crippen molar-refractivity contribution in [2.45, 2.75) is 24.5 Å². The van der Waals surface area contributed by atoms with Gasteiger partial charge in [-0.15, -0.1) is 0 Å². The Morgan fingerprint density at radius 1 is 1.03 bits per heavy atom. The number of nitrogens with one attached hydrogen (secondary N) is 1. The van der Waals surface area contributed by atoms with Crippen LogP contribution in [-0.2, 0) is 23.0 Å². The lowest BCUT2D eigenvalue weighted by Crippen LogP contribution is -2.36. The minimum absolute atomic E-state index is 0.000218. The van der Waals surface area contributed by atoms with E-state index in [0.29, 0.717) is 13.0 Å². The van der Waals surface area contributed by atoms with Gasteiger partial charge in [-0.05, 0) is 47.9 Å². The molecule has 0 unspecified atom stereocenters. The summed E-state index contributed by atoms with van der Waals surface area (Å²) in [4.78, 5) is 12.8. The molecule has 0 aromatic heterocycles. The zero-order valence-corrected chi connectivity index (χ0v) is 18.7. The zero-order chi connectivity index (χ0) is 23.6. The van der Waals surface area contributed by atoms with Crippen molar-refractivity contribution in [3.63, 3.8) is 0 Å². The molecule has 0 aliphatic carbocycles. The molecule has 0 saturated heterocycles. The molecule has 0 fully saturated rings. The number of carbonyl (C=O) groups is 1. The van der Waals surface area contributed by atoms with Crippen LogP contribution >= 0.6 is 11.6 Å². The lowest BCUT2D eigenvalue weighted by atomic mass is 10.0. The number of nitrogens with zero attached hydrogens (tertiary/aromatic N) is 1. The van der Waals surface area contributed by atoms with Crippen molar-refractivity contribution in [3.05, 3.63) is 88.4 Å². The van der Waals surface area contributed by atoms with E-state index in [4.69, 9.17) is 11.6 Å². The molecule has 4 rings (SSSR count). The smallest absolute Gasteiger partial charge is 0.387 e. The molecule has 3 aromatic carbocycles. The SMILES string of the molecule is O=C(Nc1ccccc1OC(F)F)c1cc(S(=O)(=O)N2CCc3ccccc3C2)ccc1Cl. The van der Waals surface area contributed by atoms with Gasteiger partial charge in [0.1, 0.15) is 5.75 Å². The zero-order valence-electron chi connectivity index (χ0n) is 17.2. The third-order valence-corrected chi connectivity index (χ3v) is 7.44. The Hall–Kier alpha value is -3.01. The van der Waals surface area contributed by atoms with Crippen LogP contribution in [0.3, 0.4) is 0 Å². The van der Waals surface area contributed by atoms with E-state index < -0.39 is 22.5 Å². The standard InChI is InChI=1S/C23H19ClF2N2O4S/c24-19-10-9-17(33(30,31)28-12-11-15-5-1-2-6-16(15)14-28)13-18(19)22(29)27-20-7-3-4-8-21(20)32-23(25)26/h1-10,13,23H,11-12,14H2,(H,27,29). The van der Waals surface area contributed by atoms with Gasteiger partial charge in [0.2, 0.25) is 10.0 Å². The number of ether oxygens (including phenoxy) is 1. The highest BCUT2D eigenvalue weighted by atomic mass is 35.5. The van der Waals surface area contributed by atoms with Gasteiger partial charge in [-0.1, -0.05) is 48.0 Å². The van der Waals surface area contributed by atoms with Crippen LogP contribution in [0.25, 0.3) is 0 Å². The number of carbonyl (C=O) groups excluding carboxylic acids is 1. The summed E-state index contributed by atoms with van der Waals surface area (Å²) in [6.45, 7) is -2.54. The van der Waals surface area contributed by atoms with Crippen LogP contribution in [0.15, 0.2) is 71.6 Å². The minimum atomic E-state index is -3.90. The van der Waals surface area contributed by atoms with E-state index >= 15 is 0 Å². The molecule has 6 nitrogen and oxygen atoms in total. The number of anilines is 1. The Labute approximate surface area is 194 Å². The molecule has 1 N–H and O–H groups in total. The number of fused-ring (bicyclic) bond motifs is 1. The van der Waals surface area contributed by atoms with Crippen molar-refractivity contribution in [1.29, 1.82) is 0 Å². The monoisotopic (exact) mass is 492 g/mol. The summed E-state index contributed by atoms with van der Waals surface area (Å²) in [7, 11) is -3.90. The fraction of sp³-hybridized carbons (Fsp3) is 0.174. The van der Waals surface area contributed by atoms with Gasteiger partial charge in [0.25, 0.3) is 5.91 Å². The number of para-hydroxylation sites is 2. The first kappa shape index (κ1) is 23.2. The second-order valence-corrected chi connectivity index (χ2v) is 9.67. The number of amides is 1. The van der Waals surface area contributed by atoms with Gasteiger partial charge in [-0.3, -0.25) is 4.79 Å². The van der Waals surface area contributed by atoms with Crippen LogP contribution in [0.2, 0.25) is 5.02 Å². The van der Waals surface area contributed by atoms with E-state index in [0.717, 1.165) is 11.1 Å². The van der Waals surface area contributed by atoms with Gasteiger partial charge in [0.15, 0.2) is 0 Å². The number of hydrogen-bond donors (Lipinski definition) is 1. The van der Waals surface area contributed by atoms with Crippen LogP contribution in [0.5, 0.6) is 5.75 Å². The number of sulfonamides is 1. The molecular formula is C23H19ClF2N2O4S. The summed E-state index contributed by atoms with van der Waals surface area (Å²) in [5.41, 5.74) is 1.92. The van der Waals surface area contributed by atoms with Crippen molar-refractivity contribution < 1.29 is 26.7 Å². The third kappa shape index (κ3) is 5.00. The van der Waals surface area contributed by atoms with Crippen molar-refractivity contribution in [2.75, 3.05) is 11.9 Å². The summed E-state index contributed by atoms with van der Waals surface area (Å²) in [6.07, 6.45) is 0.581. The fourth-order valence-electron chi connectivity index (χ4n) is 3.62. The first-order valence-electron chi connectivity index (χ1n) is 9.97. The molecule has 172 valence electrons. The molecule has 1 aliphatic heterocycles. The largest absolute Gasteiger partial charge is 0.433 e. The van der Waals surface area contributed by atoms with Crippen LogP contribution in [0, 0.1) is 0 Å². The highest BCUT2D eigenvalue weighted by Crippen LogP contribution is 2.30. The van der Waals surface area contributed by atoms with Gasteiger partial charge in [0, 0.05) is 13.1 Å². The second-order valence-electron chi connectivity index (χ2n) is 7.33. The van der Waals surface area contributed by atoms with Gasteiger partial charge in [-0.2, -0.15) is 13.1 Å². The van der Waals surface area contributed by atoms with Crippen molar-refractivity contribution in [3.8, 4) is 5.75 Å². The van der Waals surface area contributed by atoms with Gasteiger partial charge in [-0.25, -0.2) is 8.42 Å². The predicted molar refractivity (Wildman–Crippen MR) is 120 cm³/mol. The first-order chi connectivity index (χ1) is 15.8. The molecule has 3 aromatic rings. The van der Waals surface area contributed by atoms with E-state index in [9.17, 15) is 22.0 Å². The summed E-state index contributed by atoms with van der Waals surface area (Å²) in [5.74, 6) is -0.987. The quantitative estimate of drug-likeness (QED) is 0.529. The lowest BCUT2D eigenvalue weighted by Gasteiger charge is -2.28. The molecule has 1 amide bonds. The van der Waals surface area contributed by atoms with Crippen LogP contribution in [0.1, 0.15) is 21.5 Å². The average molecular weight is 493 g/mol. The molecule has 33 heavy (non-hydrogen) atoms. The molecule has 10 heteroatoms. The predicted octanol–water partition coefficient (Wildman–Crippen LogP) is 4.94. The number of hydrogen-bond acceptors (Lipinski definition) is 4. The van der Waals surface area contributed by atoms with Gasteiger partial charge in [0.05, 0.1) is 21.2 Å². The number of halogens is 3. The molecule has 1 heterocycles. The topological polar surface area (TPSA) is 75.7 Å². The molecule has 1 aliphatic rings. The van der Waals surface area contributed by atoms with Crippen LogP contribution in [-0.4, -0.2) is 31.8 Å². The van der Waals surface area contributed by atoms with E-state index in [2.05, 4.69) is 10.1 Å². The Bertz CT molecular complexity index is 1300. The first-order valence-corrected chi connectivity index (χ1v) is 11.8. The molecular weight excluding hydrogens is 474 g/mol. The number of benzene rings is 3. The molecule has 0 radical (unpaired) electrons. The Morgan fingerprint density at radius 3 is 2.48 bits per heavy atom. The average Bonchev–Trinajstić information content (AvgIpc) is 2.79. The number of rotatable bonds is 6. The minimum Gasteiger partial charge on any atom is -0.433 e. The molecule has 0 bridgehead atoms. The maximum atomic E-state index is 13.3. The van der Waals surface area contributed by atoms with Crippen LogP contribution in [0.4, 0.5) is 14.5 Å². The highest BCUT2D eigenvalue weighted by Gasteiger charge is 2.29. The lowest BCUT2D eigenvalue weighted by molar-refractivity contribution is -0.0493. The normalized spacial score (nSPS) is 14.1. The molecule has 0 atom stereocenters.